The van der Waals surface area contributed by atoms with E-state index in [-0.39, 0.29) is 12.1 Å². The van der Waals surface area contributed by atoms with E-state index in [4.69, 9.17) is 9.15 Å². The van der Waals surface area contributed by atoms with E-state index in [2.05, 4.69) is 5.32 Å². The molecule has 2 N–H and O–H groups in total. The molecular weight excluding hydrogens is 316 g/mol. The summed E-state index contributed by atoms with van der Waals surface area (Å²) in [4.78, 5) is 15.3. The Balaban J connectivity index is 1.58. The van der Waals surface area contributed by atoms with Gasteiger partial charge in [0.15, 0.2) is 0 Å². The molecule has 124 valence electrons. The first-order chi connectivity index (χ1) is 11.2. The molecular formula is C16H20N2O4S. The Hall–Kier alpha value is -1.83. The van der Waals surface area contributed by atoms with Crippen LogP contribution in [-0.4, -0.2) is 41.8 Å². The fourth-order valence-electron chi connectivity index (χ4n) is 2.65. The zero-order chi connectivity index (χ0) is 16.1. The standard InChI is InChI=1S/C16H20N2O4S/c19-14(15-4-1-6-22-15)9-12-11-21-7-5-18(12)16(20)17-10-13-3-2-8-23-13/h1-4,6,8,12,14,19H,5,7,9-11H2,(H,17,20)/t12-,14-/m1/s1. The zero-order valence-corrected chi connectivity index (χ0v) is 13.5. The van der Waals surface area contributed by atoms with Gasteiger partial charge in [-0.2, -0.15) is 0 Å². The number of urea groups is 1. The molecule has 0 saturated carbocycles. The molecule has 0 radical (unpaired) electrons. The van der Waals surface area contributed by atoms with E-state index in [1.165, 1.54) is 6.26 Å². The average Bonchev–Trinajstić information content (AvgIpc) is 3.26. The molecule has 23 heavy (non-hydrogen) atoms. The van der Waals surface area contributed by atoms with E-state index in [0.29, 0.717) is 38.5 Å². The van der Waals surface area contributed by atoms with Crippen LogP contribution in [0.5, 0.6) is 0 Å². The van der Waals surface area contributed by atoms with Crippen LogP contribution in [-0.2, 0) is 11.3 Å². The highest BCUT2D eigenvalue weighted by molar-refractivity contribution is 7.09. The van der Waals surface area contributed by atoms with E-state index in [0.717, 1.165) is 4.88 Å². The number of carbonyl (C=O) groups is 1. The van der Waals surface area contributed by atoms with Crippen molar-refractivity contribution in [3.8, 4) is 0 Å². The molecule has 0 bridgehead atoms. The predicted molar refractivity (Wildman–Crippen MR) is 86.2 cm³/mol. The number of hydrogen-bond acceptors (Lipinski definition) is 5. The summed E-state index contributed by atoms with van der Waals surface area (Å²) in [6.45, 7) is 1.97. The summed E-state index contributed by atoms with van der Waals surface area (Å²) in [6.07, 6.45) is 1.17. The summed E-state index contributed by atoms with van der Waals surface area (Å²) in [5, 5.41) is 15.1. The monoisotopic (exact) mass is 336 g/mol. The Labute approximate surface area is 138 Å². The number of thiophene rings is 1. The maximum atomic E-state index is 12.4. The Kier molecular flexibility index (Phi) is 5.32. The molecule has 7 heteroatoms. The van der Waals surface area contributed by atoms with E-state index in [1.807, 2.05) is 17.5 Å². The molecule has 2 amide bonds. The smallest absolute Gasteiger partial charge is 0.318 e. The van der Waals surface area contributed by atoms with Gasteiger partial charge in [0.2, 0.25) is 0 Å². The fraction of sp³-hybridized carbons (Fsp3) is 0.438. The van der Waals surface area contributed by atoms with Crippen molar-refractivity contribution < 1.29 is 19.1 Å². The Morgan fingerprint density at radius 1 is 1.48 bits per heavy atom. The number of hydrogen-bond donors (Lipinski definition) is 2. The van der Waals surface area contributed by atoms with Crippen molar-refractivity contribution in [2.45, 2.75) is 25.1 Å². The lowest BCUT2D eigenvalue weighted by molar-refractivity contribution is -0.00973. The molecule has 0 aromatic carbocycles. The third kappa shape index (κ3) is 4.13. The highest BCUT2D eigenvalue weighted by Crippen LogP contribution is 2.23. The lowest BCUT2D eigenvalue weighted by Crippen LogP contribution is -2.52. The minimum Gasteiger partial charge on any atom is -0.467 e. The number of furan rings is 1. The van der Waals surface area contributed by atoms with Crippen LogP contribution < -0.4 is 5.32 Å². The number of morpholine rings is 1. The van der Waals surface area contributed by atoms with Crippen LogP contribution in [0.3, 0.4) is 0 Å². The van der Waals surface area contributed by atoms with Crippen LogP contribution >= 0.6 is 11.3 Å². The number of amides is 2. The second-order valence-corrected chi connectivity index (χ2v) is 6.46. The van der Waals surface area contributed by atoms with Crippen LogP contribution in [0.15, 0.2) is 40.3 Å². The largest absolute Gasteiger partial charge is 0.467 e. The fourth-order valence-corrected chi connectivity index (χ4v) is 3.29. The van der Waals surface area contributed by atoms with Gasteiger partial charge in [0, 0.05) is 17.8 Å². The minimum absolute atomic E-state index is 0.127. The molecule has 1 fully saturated rings. The average molecular weight is 336 g/mol. The van der Waals surface area contributed by atoms with Gasteiger partial charge in [-0.05, 0) is 23.6 Å². The molecule has 0 aliphatic carbocycles. The summed E-state index contributed by atoms with van der Waals surface area (Å²) in [6, 6.07) is 7.12. The summed E-state index contributed by atoms with van der Waals surface area (Å²) in [5.74, 6) is 0.509. The normalized spacial score (nSPS) is 19.5. The van der Waals surface area contributed by atoms with Crippen molar-refractivity contribution in [2.24, 2.45) is 0 Å². The third-order valence-electron chi connectivity index (χ3n) is 3.85. The van der Waals surface area contributed by atoms with E-state index in [9.17, 15) is 9.90 Å². The second-order valence-electron chi connectivity index (χ2n) is 5.43. The van der Waals surface area contributed by atoms with Crippen LogP contribution in [0.25, 0.3) is 0 Å². The molecule has 0 unspecified atom stereocenters. The van der Waals surface area contributed by atoms with Gasteiger partial charge in [-0.1, -0.05) is 6.07 Å². The molecule has 2 aromatic heterocycles. The summed E-state index contributed by atoms with van der Waals surface area (Å²) >= 11 is 1.61. The van der Waals surface area contributed by atoms with Crippen molar-refractivity contribution in [1.29, 1.82) is 0 Å². The van der Waals surface area contributed by atoms with Gasteiger partial charge < -0.3 is 24.5 Å². The van der Waals surface area contributed by atoms with Crippen LogP contribution in [0.4, 0.5) is 4.79 Å². The number of aliphatic hydroxyl groups excluding tert-OH is 1. The van der Waals surface area contributed by atoms with Gasteiger partial charge in [0.05, 0.1) is 32.1 Å². The van der Waals surface area contributed by atoms with Gasteiger partial charge in [-0.25, -0.2) is 4.79 Å². The highest BCUT2D eigenvalue weighted by atomic mass is 32.1. The van der Waals surface area contributed by atoms with Crippen molar-refractivity contribution in [3.63, 3.8) is 0 Å². The molecule has 1 aliphatic heterocycles. The lowest BCUT2D eigenvalue weighted by atomic mass is 10.1. The molecule has 3 heterocycles. The van der Waals surface area contributed by atoms with Crippen LogP contribution in [0.2, 0.25) is 0 Å². The maximum absolute atomic E-state index is 12.4. The van der Waals surface area contributed by atoms with E-state index in [1.54, 1.807) is 28.4 Å². The molecule has 6 nitrogen and oxygen atoms in total. The SMILES string of the molecule is O=C(NCc1cccs1)N1CCOC[C@H]1C[C@@H](O)c1ccco1. The Morgan fingerprint density at radius 2 is 2.39 bits per heavy atom. The van der Waals surface area contributed by atoms with Crippen LogP contribution in [0.1, 0.15) is 23.2 Å². The first-order valence-corrected chi connectivity index (χ1v) is 8.48. The van der Waals surface area contributed by atoms with Gasteiger partial charge >= 0.3 is 6.03 Å². The second kappa shape index (κ2) is 7.63. The first-order valence-electron chi connectivity index (χ1n) is 7.60. The van der Waals surface area contributed by atoms with Gasteiger partial charge in [0.25, 0.3) is 0 Å². The lowest BCUT2D eigenvalue weighted by Gasteiger charge is -2.36. The highest BCUT2D eigenvalue weighted by Gasteiger charge is 2.30. The van der Waals surface area contributed by atoms with Crippen molar-refractivity contribution in [2.75, 3.05) is 19.8 Å². The number of aliphatic hydroxyl groups is 1. The maximum Gasteiger partial charge on any atom is 0.318 e. The van der Waals surface area contributed by atoms with Gasteiger partial charge in [-0.3, -0.25) is 0 Å². The van der Waals surface area contributed by atoms with Crippen LogP contribution in [0, 0.1) is 0 Å². The predicted octanol–water partition coefficient (Wildman–Crippen LogP) is 2.38. The van der Waals surface area contributed by atoms with E-state index >= 15 is 0 Å². The molecule has 0 spiro atoms. The molecule has 1 aliphatic rings. The summed E-state index contributed by atoms with van der Waals surface area (Å²) in [5.41, 5.74) is 0. The minimum atomic E-state index is -0.746. The Bertz CT molecular complexity index is 600. The number of nitrogens with one attached hydrogen (secondary N) is 1. The quantitative estimate of drug-likeness (QED) is 0.879. The summed E-state index contributed by atoms with van der Waals surface area (Å²) in [7, 11) is 0. The molecule has 1 saturated heterocycles. The zero-order valence-electron chi connectivity index (χ0n) is 12.7. The first kappa shape index (κ1) is 16.0. The molecule has 2 aromatic rings. The summed E-state index contributed by atoms with van der Waals surface area (Å²) < 4.78 is 10.7. The number of nitrogens with zero attached hydrogens (tertiary/aromatic N) is 1. The van der Waals surface area contributed by atoms with Crippen molar-refractivity contribution in [1.82, 2.24) is 10.2 Å². The number of carbonyl (C=O) groups excluding carboxylic acids is 1. The molecule has 2 atom stereocenters. The Morgan fingerprint density at radius 3 is 3.13 bits per heavy atom. The van der Waals surface area contributed by atoms with Crippen molar-refractivity contribution in [3.05, 3.63) is 46.5 Å². The van der Waals surface area contributed by atoms with Gasteiger partial charge in [-0.15, -0.1) is 11.3 Å². The van der Waals surface area contributed by atoms with Crippen molar-refractivity contribution >= 4 is 17.4 Å². The number of ether oxygens (including phenoxy) is 1. The third-order valence-corrected chi connectivity index (χ3v) is 4.73. The van der Waals surface area contributed by atoms with Gasteiger partial charge in [0.1, 0.15) is 11.9 Å². The topological polar surface area (TPSA) is 74.9 Å². The number of rotatable bonds is 5. The molecule has 3 rings (SSSR count). The van der Waals surface area contributed by atoms with E-state index < -0.39 is 6.10 Å².